The summed E-state index contributed by atoms with van der Waals surface area (Å²) in [6, 6.07) is 0. The van der Waals surface area contributed by atoms with Crippen molar-refractivity contribution < 1.29 is 10.0 Å². The van der Waals surface area contributed by atoms with Crippen LogP contribution in [0.5, 0.6) is 0 Å². The predicted octanol–water partition coefficient (Wildman–Crippen LogP) is 1.86. The monoisotopic (exact) mass is 279 g/mol. The van der Waals surface area contributed by atoms with Gasteiger partial charge in [-0.25, -0.2) is 0 Å². The number of hydrogen-bond donors (Lipinski definition) is 2. The van der Waals surface area contributed by atoms with E-state index in [2.05, 4.69) is 10.3 Å². The van der Waals surface area contributed by atoms with E-state index in [0.717, 1.165) is 31.5 Å². The van der Waals surface area contributed by atoms with Crippen LogP contribution in [-0.2, 0) is 6.54 Å². The summed E-state index contributed by atoms with van der Waals surface area (Å²) in [5.41, 5.74) is 2.35. The Bertz CT molecular complexity index is 513. The molecule has 1 heterocycles. The SMILES string of the molecule is Cc1cnc(CNCC2(CCO)CC2)c(C)c1[N+](=O)[O-]. The number of rotatable bonds is 7. The minimum atomic E-state index is -0.343. The standard InChI is InChI=1S/C14H21N3O3/c1-10-7-16-12(11(2)13(10)17(19)20)8-15-9-14(3-4-14)5-6-18/h7,15,18H,3-6,8-9H2,1-2H3. The van der Waals surface area contributed by atoms with Crippen LogP contribution in [0, 0.1) is 29.4 Å². The highest BCUT2D eigenvalue weighted by atomic mass is 16.6. The average Bonchev–Trinajstić information content (AvgIpc) is 3.12. The zero-order valence-corrected chi connectivity index (χ0v) is 12.0. The fourth-order valence-electron chi connectivity index (χ4n) is 2.60. The molecule has 2 rings (SSSR count). The van der Waals surface area contributed by atoms with Crippen LogP contribution in [-0.4, -0.2) is 28.2 Å². The fourth-order valence-corrected chi connectivity index (χ4v) is 2.60. The number of aryl methyl sites for hydroxylation is 1. The van der Waals surface area contributed by atoms with Crippen molar-refractivity contribution >= 4 is 5.69 Å². The lowest BCUT2D eigenvalue weighted by molar-refractivity contribution is -0.386. The molecule has 6 nitrogen and oxygen atoms in total. The van der Waals surface area contributed by atoms with Crippen LogP contribution in [0.15, 0.2) is 6.20 Å². The van der Waals surface area contributed by atoms with E-state index in [1.54, 1.807) is 20.0 Å². The number of aliphatic hydroxyl groups is 1. The van der Waals surface area contributed by atoms with E-state index in [9.17, 15) is 10.1 Å². The summed E-state index contributed by atoms with van der Waals surface area (Å²) >= 11 is 0. The van der Waals surface area contributed by atoms with Crippen molar-refractivity contribution in [3.05, 3.63) is 33.1 Å². The van der Waals surface area contributed by atoms with Crippen LogP contribution in [0.3, 0.4) is 0 Å². The Kier molecular flexibility index (Phi) is 4.35. The van der Waals surface area contributed by atoms with E-state index in [0.29, 0.717) is 17.7 Å². The molecule has 0 unspecified atom stereocenters. The van der Waals surface area contributed by atoms with Gasteiger partial charge in [0.15, 0.2) is 0 Å². The van der Waals surface area contributed by atoms with Crippen molar-refractivity contribution in [1.29, 1.82) is 0 Å². The molecule has 0 atom stereocenters. The van der Waals surface area contributed by atoms with Crippen molar-refractivity contribution in [2.75, 3.05) is 13.2 Å². The first-order valence-electron chi connectivity index (χ1n) is 6.90. The molecule has 110 valence electrons. The van der Waals surface area contributed by atoms with Crippen LogP contribution >= 0.6 is 0 Å². The summed E-state index contributed by atoms with van der Waals surface area (Å²) in [5, 5.41) is 23.4. The summed E-state index contributed by atoms with van der Waals surface area (Å²) in [6.45, 7) is 5.02. The third-order valence-corrected chi connectivity index (χ3v) is 4.15. The van der Waals surface area contributed by atoms with Gasteiger partial charge in [0.05, 0.1) is 10.6 Å². The highest BCUT2D eigenvalue weighted by molar-refractivity contribution is 5.47. The van der Waals surface area contributed by atoms with Gasteiger partial charge in [0.25, 0.3) is 5.69 Å². The van der Waals surface area contributed by atoms with Crippen molar-refractivity contribution in [1.82, 2.24) is 10.3 Å². The molecule has 0 spiro atoms. The maximum Gasteiger partial charge on any atom is 0.278 e. The maximum atomic E-state index is 11.1. The molecule has 1 aromatic heterocycles. The summed E-state index contributed by atoms with van der Waals surface area (Å²) in [6.07, 6.45) is 4.66. The van der Waals surface area contributed by atoms with Crippen molar-refractivity contribution in [2.45, 2.75) is 39.7 Å². The van der Waals surface area contributed by atoms with Crippen molar-refractivity contribution in [3.8, 4) is 0 Å². The lowest BCUT2D eigenvalue weighted by atomic mass is 10.0. The zero-order valence-electron chi connectivity index (χ0n) is 12.0. The van der Waals surface area contributed by atoms with Crippen molar-refractivity contribution in [2.24, 2.45) is 5.41 Å². The molecule has 0 aliphatic heterocycles. The molecule has 1 aliphatic rings. The zero-order chi connectivity index (χ0) is 14.8. The number of aromatic nitrogens is 1. The second-order valence-corrected chi connectivity index (χ2v) is 5.70. The van der Waals surface area contributed by atoms with Gasteiger partial charge in [0.2, 0.25) is 0 Å². The molecule has 1 aromatic rings. The van der Waals surface area contributed by atoms with Crippen LogP contribution in [0.2, 0.25) is 0 Å². The minimum Gasteiger partial charge on any atom is -0.396 e. The Morgan fingerprint density at radius 2 is 2.20 bits per heavy atom. The maximum absolute atomic E-state index is 11.1. The van der Waals surface area contributed by atoms with Gasteiger partial charge < -0.3 is 10.4 Å². The number of nitrogens with zero attached hydrogens (tertiary/aromatic N) is 2. The topological polar surface area (TPSA) is 88.3 Å². The van der Waals surface area contributed by atoms with Gasteiger partial charge >= 0.3 is 0 Å². The minimum absolute atomic E-state index is 0.160. The molecule has 0 bridgehead atoms. The molecule has 0 aromatic carbocycles. The smallest absolute Gasteiger partial charge is 0.278 e. The lowest BCUT2D eigenvalue weighted by Gasteiger charge is -2.15. The van der Waals surface area contributed by atoms with E-state index >= 15 is 0 Å². The summed E-state index contributed by atoms with van der Waals surface area (Å²) in [4.78, 5) is 15.0. The number of pyridine rings is 1. The highest BCUT2D eigenvalue weighted by Crippen LogP contribution is 2.47. The lowest BCUT2D eigenvalue weighted by Crippen LogP contribution is -2.25. The fraction of sp³-hybridized carbons (Fsp3) is 0.643. The Labute approximate surface area is 118 Å². The van der Waals surface area contributed by atoms with Crippen LogP contribution < -0.4 is 5.32 Å². The van der Waals surface area contributed by atoms with Gasteiger partial charge in [-0.05, 0) is 38.5 Å². The van der Waals surface area contributed by atoms with Crippen LogP contribution in [0.4, 0.5) is 5.69 Å². The first-order valence-corrected chi connectivity index (χ1v) is 6.90. The third kappa shape index (κ3) is 3.13. The molecule has 0 radical (unpaired) electrons. The second kappa shape index (κ2) is 5.85. The molecule has 1 saturated carbocycles. The van der Waals surface area contributed by atoms with Gasteiger partial charge in [-0.3, -0.25) is 15.1 Å². The molecule has 0 amide bonds. The second-order valence-electron chi connectivity index (χ2n) is 5.70. The molecular weight excluding hydrogens is 258 g/mol. The molecule has 20 heavy (non-hydrogen) atoms. The molecule has 1 fully saturated rings. The predicted molar refractivity (Wildman–Crippen MR) is 75.4 cm³/mol. The molecule has 1 aliphatic carbocycles. The molecular formula is C14H21N3O3. The number of hydrogen-bond acceptors (Lipinski definition) is 5. The first kappa shape index (κ1) is 14.9. The molecule has 0 saturated heterocycles. The van der Waals surface area contributed by atoms with Gasteiger partial charge in [0.1, 0.15) is 0 Å². The summed E-state index contributed by atoms with van der Waals surface area (Å²) < 4.78 is 0. The normalized spacial score (nSPS) is 16.1. The summed E-state index contributed by atoms with van der Waals surface area (Å²) in [7, 11) is 0. The van der Waals surface area contributed by atoms with Gasteiger partial charge in [-0.15, -0.1) is 0 Å². The van der Waals surface area contributed by atoms with E-state index in [1.807, 2.05) is 0 Å². The quantitative estimate of drug-likeness (QED) is 0.587. The van der Waals surface area contributed by atoms with E-state index in [1.165, 1.54) is 0 Å². The molecule has 6 heteroatoms. The van der Waals surface area contributed by atoms with Gasteiger partial charge in [-0.2, -0.15) is 0 Å². The van der Waals surface area contributed by atoms with E-state index < -0.39 is 0 Å². The Balaban J connectivity index is 2.00. The van der Waals surface area contributed by atoms with Gasteiger partial charge in [-0.1, -0.05) is 0 Å². The molecule has 2 N–H and O–H groups in total. The Morgan fingerprint density at radius 1 is 1.50 bits per heavy atom. The number of nitro groups is 1. The van der Waals surface area contributed by atoms with E-state index in [-0.39, 0.29) is 22.6 Å². The van der Waals surface area contributed by atoms with Crippen molar-refractivity contribution in [3.63, 3.8) is 0 Å². The number of nitrogens with one attached hydrogen (secondary N) is 1. The summed E-state index contributed by atoms with van der Waals surface area (Å²) in [5.74, 6) is 0. The number of aliphatic hydroxyl groups excluding tert-OH is 1. The van der Waals surface area contributed by atoms with Crippen LogP contribution in [0.1, 0.15) is 36.1 Å². The third-order valence-electron chi connectivity index (χ3n) is 4.15. The average molecular weight is 279 g/mol. The Morgan fingerprint density at radius 3 is 2.75 bits per heavy atom. The van der Waals surface area contributed by atoms with Crippen LogP contribution in [0.25, 0.3) is 0 Å². The van der Waals surface area contributed by atoms with E-state index in [4.69, 9.17) is 5.11 Å². The van der Waals surface area contributed by atoms with Gasteiger partial charge in [0, 0.05) is 37.0 Å². The highest BCUT2D eigenvalue weighted by Gasteiger charge is 2.41. The first-order chi connectivity index (χ1) is 9.49. The Hall–Kier alpha value is -1.53. The largest absolute Gasteiger partial charge is 0.396 e.